The Hall–Kier alpha value is -1.30. The Kier molecular flexibility index (Phi) is 3.28. The molecule has 2 amide bonds. The largest absolute Gasteiger partial charge is 0.418 e. The Morgan fingerprint density at radius 2 is 2.19 bits per heavy atom. The maximum absolute atomic E-state index is 11.6. The molecule has 0 aromatic rings. The summed E-state index contributed by atoms with van der Waals surface area (Å²) in [5, 5.41) is 5.82. The van der Waals surface area contributed by atoms with E-state index in [1.54, 1.807) is 4.90 Å². The molecule has 0 aromatic heterocycles. The maximum atomic E-state index is 11.6. The van der Waals surface area contributed by atoms with E-state index in [1.807, 2.05) is 6.92 Å². The minimum absolute atomic E-state index is 0.210. The number of ether oxygens (including phenoxy) is 1. The highest BCUT2D eigenvalue weighted by Gasteiger charge is 2.27. The lowest BCUT2D eigenvalue weighted by atomic mass is 10.2. The first kappa shape index (κ1) is 11.2. The van der Waals surface area contributed by atoms with Gasteiger partial charge in [0, 0.05) is 31.7 Å². The molecule has 0 radical (unpaired) electrons. The van der Waals surface area contributed by atoms with Crippen molar-refractivity contribution < 1.29 is 14.3 Å². The first-order chi connectivity index (χ1) is 7.65. The summed E-state index contributed by atoms with van der Waals surface area (Å²) in [6.45, 7) is 3.89. The number of alkyl carbamates (subject to hydrolysis) is 1. The summed E-state index contributed by atoms with van der Waals surface area (Å²) < 4.78 is 4.70. The quantitative estimate of drug-likeness (QED) is 0.632. The second kappa shape index (κ2) is 4.69. The monoisotopic (exact) mass is 227 g/mol. The molecular formula is C10H17N3O3. The van der Waals surface area contributed by atoms with Crippen molar-refractivity contribution in [3.8, 4) is 0 Å². The Morgan fingerprint density at radius 1 is 1.44 bits per heavy atom. The minimum Gasteiger partial charge on any atom is -0.359 e. The molecular weight excluding hydrogens is 210 g/mol. The predicted molar refractivity (Wildman–Crippen MR) is 57.1 cm³/mol. The number of hydrogen-bond donors (Lipinski definition) is 2. The number of hydrogen-bond acceptors (Lipinski definition) is 4. The zero-order valence-electron chi connectivity index (χ0n) is 9.36. The Bertz CT molecular complexity index is 291. The van der Waals surface area contributed by atoms with Crippen LogP contribution in [0, 0.1) is 0 Å². The fourth-order valence-electron chi connectivity index (χ4n) is 1.67. The van der Waals surface area contributed by atoms with Crippen LogP contribution < -0.4 is 10.6 Å². The molecule has 2 fully saturated rings. The van der Waals surface area contributed by atoms with Crippen LogP contribution in [0.5, 0.6) is 0 Å². The van der Waals surface area contributed by atoms with Crippen molar-refractivity contribution in [1.29, 1.82) is 0 Å². The number of carbonyl (C=O) groups is 2. The third kappa shape index (κ3) is 3.10. The predicted octanol–water partition coefficient (Wildman–Crippen LogP) is 0.289. The summed E-state index contributed by atoms with van der Waals surface area (Å²) >= 11 is 0. The lowest BCUT2D eigenvalue weighted by molar-refractivity contribution is 0.107. The minimum atomic E-state index is -0.626. The molecule has 6 nitrogen and oxygen atoms in total. The van der Waals surface area contributed by atoms with Gasteiger partial charge in [0.1, 0.15) is 0 Å². The van der Waals surface area contributed by atoms with Crippen molar-refractivity contribution in [3.05, 3.63) is 0 Å². The van der Waals surface area contributed by atoms with Gasteiger partial charge in [-0.15, -0.1) is 0 Å². The summed E-state index contributed by atoms with van der Waals surface area (Å²) in [7, 11) is 0. The van der Waals surface area contributed by atoms with Gasteiger partial charge >= 0.3 is 12.2 Å². The Balaban J connectivity index is 1.75. The molecule has 2 N–H and O–H groups in total. The van der Waals surface area contributed by atoms with E-state index < -0.39 is 12.2 Å². The highest BCUT2D eigenvalue weighted by atomic mass is 16.6. The molecule has 0 aromatic carbocycles. The van der Waals surface area contributed by atoms with Gasteiger partial charge in [-0.2, -0.15) is 0 Å². The number of carbonyl (C=O) groups excluding carboxylic acids is 2. The standard InChI is InChI=1S/C10H17N3O3/c1-7-6-13(5-4-11-7)10(15)16-9(14)12-8-2-3-8/h7-8,11H,2-6H2,1H3,(H,12,14). The number of rotatable bonds is 1. The summed E-state index contributed by atoms with van der Waals surface area (Å²) in [4.78, 5) is 24.4. The van der Waals surface area contributed by atoms with Crippen molar-refractivity contribution in [2.45, 2.75) is 31.8 Å². The molecule has 1 aliphatic carbocycles. The normalized spacial score (nSPS) is 25.1. The van der Waals surface area contributed by atoms with Crippen LogP contribution in [0.4, 0.5) is 9.59 Å². The van der Waals surface area contributed by atoms with Gasteiger partial charge in [-0.25, -0.2) is 9.59 Å². The van der Waals surface area contributed by atoms with E-state index in [0.29, 0.717) is 13.1 Å². The van der Waals surface area contributed by atoms with Gasteiger partial charge in [-0.05, 0) is 19.8 Å². The lowest BCUT2D eigenvalue weighted by Gasteiger charge is -2.30. The van der Waals surface area contributed by atoms with E-state index in [-0.39, 0.29) is 12.1 Å². The van der Waals surface area contributed by atoms with Crippen molar-refractivity contribution in [3.63, 3.8) is 0 Å². The summed E-state index contributed by atoms with van der Waals surface area (Å²) in [5.41, 5.74) is 0. The lowest BCUT2D eigenvalue weighted by Crippen LogP contribution is -2.52. The molecule has 1 saturated carbocycles. The van der Waals surface area contributed by atoms with E-state index in [0.717, 1.165) is 19.4 Å². The molecule has 1 heterocycles. The molecule has 1 unspecified atom stereocenters. The second-order valence-corrected chi connectivity index (χ2v) is 4.38. The van der Waals surface area contributed by atoms with Crippen molar-refractivity contribution in [2.24, 2.45) is 0 Å². The molecule has 1 saturated heterocycles. The molecule has 1 atom stereocenters. The summed E-state index contributed by atoms with van der Waals surface area (Å²) in [5.74, 6) is 0. The van der Waals surface area contributed by atoms with E-state index in [4.69, 9.17) is 4.74 Å². The average Bonchev–Trinajstić information content (AvgIpc) is 3.01. The van der Waals surface area contributed by atoms with Gasteiger partial charge in [0.05, 0.1) is 0 Å². The molecule has 2 rings (SSSR count). The zero-order chi connectivity index (χ0) is 11.5. The third-order valence-electron chi connectivity index (χ3n) is 2.71. The molecule has 6 heteroatoms. The smallest absolute Gasteiger partial charge is 0.359 e. The van der Waals surface area contributed by atoms with Crippen molar-refractivity contribution in [1.82, 2.24) is 15.5 Å². The molecule has 90 valence electrons. The fraction of sp³-hybridized carbons (Fsp3) is 0.800. The van der Waals surface area contributed by atoms with Crippen LogP contribution in [-0.4, -0.2) is 48.8 Å². The van der Waals surface area contributed by atoms with E-state index >= 15 is 0 Å². The van der Waals surface area contributed by atoms with Gasteiger partial charge < -0.3 is 20.3 Å². The topological polar surface area (TPSA) is 70.7 Å². The highest BCUT2D eigenvalue weighted by Crippen LogP contribution is 2.18. The van der Waals surface area contributed by atoms with E-state index in [9.17, 15) is 9.59 Å². The van der Waals surface area contributed by atoms with Gasteiger partial charge in [-0.1, -0.05) is 0 Å². The van der Waals surface area contributed by atoms with Crippen molar-refractivity contribution >= 4 is 12.2 Å². The Labute approximate surface area is 94.3 Å². The Morgan fingerprint density at radius 3 is 2.81 bits per heavy atom. The van der Waals surface area contributed by atoms with Crippen LogP contribution in [-0.2, 0) is 4.74 Å². The van der Waals surface area contributed by atoms with Gasteiger partial charge in [0.15, 0.2) is 0 Å². The molecule has 2 aliphatic rings. The van der Waals surface area contributed by atoms with E-state index in [2.05, 4.69) is 10.6 Å². The maximum Gasteiger partial charge on any atom is 0.418 e. The number of nitrogens with zero attached hydrogens (tertiary/aromatic N) is 1. The van der Waals surface area contributed by atoms with Gasteiger partial charge in [0.25, 0.3) is 0 Å². The number of piperazine rings is 1. The van der Waals surface area contributed by atoms with Crippen LogP contribution >= 0.6 is 0 Å². The van der Waals surface area contributed by atoms with E-state index in [1.165, 1.54) is 0 Å². The zero-order valence-corrected chi connectivity index (χ0v) is 9.36. The van der Waals surface area contributed by atoms with Crippen LogP contribution in [0.3, 0.4) is 0 Å². The first-order valence-corrected chi connectivity index (χ1v) is 5.66. The van der Waals surface area contributed by atoms with Crippen LogP contribution in [0.1, 0.15) is 19.8 Å². The first-order valence-electron chi connectivity index (χ1n) is 5.66. The SMILES string of the molecule is CC1CN(C(=O)OC(=O)NC2CC2)CCN1. The van der Waals surface area contributed by atoms with Crippen LogP contribution in [0.15, 0.2) is 0 Å². The van der Waals surface area contributed by atoms with Gasteiger partial charge in [-0.3, -0.25) is 0 Å². The van der Waals surface area contributed by atoms with Crippen molar-refractivity contribution in [2.75, 3.05) is 19.6 Å². The van der Waals surface area contributed by atoms with Crippen LogP contribution in [0.2, 0.25) is 0 Å². The van der Waals surface area contributed by atoms with Crippen LogP contribution in [0.25, 0.3) is 0 Å². The third-order valence-corrected chi connectivity index (χ3v) is 2.71. The highest BCUT2D eigenvalue weighted by molar-refractivity contribution is 5.83. The number of nitrogens with one attached hydrogen (secondary N) is 2. The fourth-order valence-corrected chi connectivity index (χ4v) is 1.67. The molecule has 1 aliphatic heterocycles. The second-order valence-electron chi connectivity index (χ2n) is 4.38. The average molecular weight is 227 g/mol. The molecule has 16 heavy (non-hydrogen) atoms. The number of amides is 2. The molecule has 0 spiro atoms. The summed E-state index contributed by atoms with van der Waals surface area (Å²) in [6, 6.07) is 0.454. The molecule has 0 bridgehead atoms. The van der Waals surface area contributed by atoms with Gasteiger partial charge in [0.2, 0.25) is 0 Å². The summed E-state index contributed by atoms with van der Waals surface area (Å²) in [6.07, 6.45) is 0.784.